The number of methoxy groups -OCH3 is 1. The molecule has 0 aliphatic heterocycles. The smallest absolute Gasteiger partial charge is 0.416 e. The van der Waals surface area contributed by atoms with Crippen molar-refractivity contribution in [3.05, 3.63) is 74.0 Å². The summed E-state index contributed by atoms with van der Waals surface area (Å²) >= 11 is 6.35. The van der Waals surface area contributed by atoms with Crippen LogP contribution in [0.15, 0.2) is 40.9 Å². The summed E-state index contributed by atoms with van der Waals surface area (Å²) in [4.78, 5) is 21.8. The number of carbonyl (C=O) groups is 1. The van der Waals surface area contributed by atoms with Crippen LogP contribution in [0, 0.1) is 17.0 Å². The summed E-state index contributed by atoms with van der Waals surface area (Å²) in [6.07, 6.45) is -4.72. The van der Waals surface area contributed by atoms with Gasteiger partial charge in [-0.3, -0.25) is 14.9 Å². The Labute approximate surface area is 190 Å². The van der Waals surface area contributed by atoms with Crippen molar-refractivity contribution in [1.82, 2.24) is 5.16 Å². The molecule has 0 spiro atoms. The maximum atomic E-state index is 12.9. The first-order chi connectivity index (χ1) is 15.5. The number of nitrogens with zero attached hydrogens (tertiary/aromatic N) is 2. The summed E-state index contributed by atoms with van der Waals surface area (Å²) in [6, 6.07) is 6.81. The van der Waals surface area contributed by atoms with Crippen molar-refractivity contribution in [1.29, 1.82) is 0 Å². The monoisotopic (exact) mass is 484 g/mol. The molecule has 1 aromatic heterocycles. The van der Waals surface area contributed by atoms with Crippen molar-refractivity contribution >= 4 is 23.3 Å². The summed E-state index contributed by atoms with van der Waals surface area (Å²) < 4.78 is 54.0. The molecule has 3 rings (SSSR count). The van der Waals surface area contributed by atoms with Gasteiger partial charge in [0.2, 0.25) is 0 Å². The average Bonchev–Trinajstić information content (AvgIpc) is 3.11. The van der Waals surface area contributed by atoms with Crippen LogP contribution < -0.4 is 4.74 Å². The number of esters is 1. The van der Waals surface area contributed by atoms with E-state index >= 15 is 0 Å². The van der Waals surface area contributed by atoms with E-state index in [-0.39, 0.29) is 29.5 Å². The van der Waals surface area contributed by atoms with Crippen molar-refractivity contribution in [2.45, 2.75) is 26.1 Å². The molecule has 12 heteroatoms. The molecule has 0 amide bonds. The molecule has 3 aromatic rings. The summed E-state index contributed by atoms with van der Waals surface area (Å²) in [5, 5.41) is 15.5. The largest absolute Gasteiger partial charge is 0.482 e. The minimum Gasteiger partial charge on any atom is -0.482 e. The third-order valence-electron chi connectivity index (χ3n) is 4.70. The third kappa shape index (κ3) is 5.43. The molecule has 0 atom stereocenters. The Hall–Kier alpha value is -3.60. The van der Waals surface area contributed by atoms with Gasteiger partial charge in [-0.15, -0.1) is 0 Å². The zero-order chi connectivity index (χ0) is 24.3. The molecule has 0 saturated heterocycles. The second-order valence-electron chi connectivity index (χ2n) is 6.86. The quantitative estimate of drug-likeness (QED) is 0.247. The fourth-order valence-electron chi connectivity index (χ4n) is 2.98. The highest BCUT2D eigenvalue weighted by atomic mass is 35.5. The lowest BCUT2D eigenvalue weighted by Gasteiger charge is -2.11. The Balaban J connectivity index is 1.89. The van der Waals surface area contributed by atoms with Gasteiger partial charge >= 0.3 is 17.8 Å². The molecule has 0 fully saturated rings. The van der Waals surface area contributed by atoms with Gasteiger partial charge in [-0.1, -0.05) is 28.9 Å². The van der Waals surface area contributed by atoms with Crippen LogP contribution in [0.25, 0.3) is 11.3 Å². The van der Waals surface area contributed by atoms with E-state index in [1.165, 1.54) is 7.11 Å². The van der Waals surface area contributed by atoms with Gasteiger partial charge in [-0.25, -0.2) is 0 Å². The maximum Gasteiger partial charge on any atom is 0.416 e. The number of hydrogen-bond donors (Lipinski definition) is 0. The summed E-state index contributed by atoms with van der Waals surface area (Å²) in [5.74, 6) is -0.461. The SMILES string of the molecule is COC(=O)Cc1ccc(-c2noc(C)c2COc2ccc(C(F)(F)F)cc2[N+](=O)[O-])c(Cl)c1. The second kappa shape index (κ2) is 9.49. The molecule has 0 aliphatic rings. The Morgan fingerprint density at radius 1 is 1.24 bits per heavy atom. The van der Waals surface area contributed by atoms with Crippen LogP contribution in [-0.4, -0.2) is 23.2 Å². The minimum atomic E-state index is -4.74. The number of alkyl halides is 3. The van der Waals surface area contributed by atoms with E-state index in [2.05, 4.69) is 9.89 Å². The number of hydrogen-bond acceptors (Lipinski definition) is 7. The number of ether oxygens (including phenoxy) is 2. The Morgan fingerprint density at radius 2 is 1.97 bits per heavy atom. The van der Waals surface area contributed by atoms with E-state index in [0.717, 1.165) is 6.07 Å². The number of benzene rings is 2. The normalized spacial score (nSPS) is 11.3. The van der Waals surface area contributed by atoms with E-state index in [1.54, 1.807) is 25.1 Å². The van der Waals surface area contributed by atoms with Crippen LogP contribution in [0.1, 0.15) is 22.5 Å². The molecular formula is C21H16ClF3N2O6. The lowest BCUT2D eigenvalue weighted by Crippen LogP contribution is -2.07. The number of rotatable bonds is 7. The van der Waals surface area contributed by atoms with Crippen LogP contribution in [0.4, 0.5) is 18.9 Å². The van der Waals surface area contributed by atoms with Crippen molar-refractivity contribution in [3.63, 3.8) is 0 Å². The molecule has 1 heterocycles. The molecule has 174 valence electrons. The van der Waals surface area contributed by atoms with Gasteiger partial charge in [0.25, 0.3) is 0 Å². The Kier molecular flexibility index (Phi) is 6.92. The molecule has 2 aromatic carbocycles. The molecule has 0 unspecified atom stereocenters. The van der Waals surface area contributed by atoms with E-state index in [4.69, 9.17) is 20.9 Å². The number of halogens is 4. The lowest BCUT2D eigenvalue weighted by atomic mass is 10.0. The summed E-state index contributed by atoms with van der Waals surface area (Å²) in [5.41, 5.74) is -0.256. The summed E-state index contributed by atoms with van der Waals surface area (Å²) in [6.45, 7) is 1.30. The minimum absolute atomic E-state index is 0.0158. The van der Waals surface area contributed by atoms with Crippen LogP contribution in [0.5, 0.6) is 5.75 Å². The van der Waals surface area contributed by atoms with Gasteiger partial charge in [0.1, 0.15) is 18.1 Å². The highest BCUT2D eigenvalue weighted by Gasteiger charge is 2.33. The number of carbonyl (C=O) groups excluding carboxylic acids is 1. The first-order valence-corrected chi connectivity index (χ1v) is 9.68. The van der Waals surface area contributed by atoms with Gasteiger partial charge in [-0.2, -0.15) is 13.2 Å². The van der Waals surface area contributed by atoms with Crippen molar-refractivity contribution in [2.24, 2.45) is 0 Å². The van der Waals surface area contributed by atoms with E-state index in [1.807, 2.05) is 0 Å². The summed E-state index contributed by atoms with van der Waals surface area (Å²) in [7, 11) is 1.27. The highest BCUT2D eigenvalue weighted by Crippen LogP contribution is 2.37. The van der Waals surface area contributed by atoms with Gasteiger partial charge in [0.05, 0.1) is 34.6 Å². The number of aromatic nitrogens is 1. The van der Waals surface area contributed by atoms with E-state index in [0.29, 0.717) is 34.6 Å². The third-order valence-corrected chi connectivity index (χ3v) is 5.02. The Bertz CT molecular complexity index is 1210. The fourth-order valence-corrected chi connectivity index (χ4v) is 3.27. The first kappa shape index (κ1) is 24.1. The van der Waals surface area contributed by atoms with Crippen LogP contribution in [0.2, 0.25) is 5.02 Å². The topological polar surface area (TPSA) is 105 Å². The van der Waals surface area contributed by atoms with Gasteiger partial charge < -0.3 is 14.0 Å². The molecular weight excluding hydrogens is 469 g/mol. The molecule has 0 aliphatic carbocycles. The number of nitro benzene ring substituents is 1. The van der Waals surface area contributed by atoms with Crippen LogP contribution in [-0.2, 0) is 28.7 Å². The zero-order valence-electron chi connectivity index (χ0n) is 17.2. The van der Waals surface area contributed by atoms with Crippen LogP contribution >= 0.6 is 11.6 Å². The number of aryl methyl sites for hydroxylation is 1. The molecule has 8 nitrogen and oxygen atoms in total. The van der Waals surface area contributed by atoms with Gasteiger partial charge in [0.15, 0.2) is 5.75 Å². The van der Waals surface area contributed by atoms with Crippen molar-refractivity contribution in [2.75, 3.05) is 7.11 Å². The molecule has 0 radical (unpaired) electrons. The van der Waals surface area contributed by atoms with Crippen LogP contribution in [0.3, 0.4) is 0 Å². The lowest BCUT2D eigenvalue weighted by molar-refractivity contribution is -0.386. The fraction of sp³-hybridized carbons (Fsp3) is 0.238. The predicted octanol–water partition coefficient (Wildman–Crippen LogP) is 5.52. The number of nitro groups is 1. The zero-order valence-corrected chi connectivity index (χ0v) is 18.0. The molecule has 0 N–H and O–H groups in total. The average molecular weight is 485 g/mol. The van der Waals surface area contributed by atoms with Gasteiger partial charge in [0, 0.05) is 11.6 Å². The predicted molar refractivity (Wildman–Crippen MR) is 110 cm³/mol. The van der Waals surface area contributed by atoms with E-state index in [9.17, 15) is 28.1 Å². The molecule has 0 saturated carbocycles. The van der Waals surface area contributed by atoms with Crippen molar-refractivity contribution in [3.8, 4) is 17.0 Å². The van der Waals surface area contributed by atoms with Crippen molar-refractivity contribution < 1.29 is 36.9 Å². The van der Waals surface area contributed by atoms with Gasteiger partial charge in [-0.05, 0) is 30.7 Å². The standard InChI is InChI=1S/C21H16ClF3N2O6/c1-11-15(10-32-18-6-4-13(21(23,24)25)9-17(18)27(29)30)20(26-33-11)14-5-3-12(7-16(14)22)8-19(28)31-2/h3-7,9H,8,10H2,1-2H3. The van der Waals surface area contributed by atoms with E-state index < -0.39 is 28.3 Å². The highest BCUT2D eigenvalue weighted by molar-refractivity contribution is 6.33. The maximum absolute atomic E-state index is 12.9. The first-order valence-electron chi connectivity index (χ1n) is 9.30. The Morgan fingerprint density at radius 3 is 2.58 bits per heavy atom. The molecule has 0 bridgehead atoms. The molecule has 33 heavy (non-hydrogen) atoms. The second-order valence-corrected chi connectivity index (χ2v) is 7.27.